The molecule has 2 atom stereocenters. The Labute approximate surface area is 127 Å². The van der Waals surface area contributed by atoms with Crippen molar-refractivity contribution in [3.63, 3.8) is 0 Å². The molecule has 1 amide bonds. The minimum Gasteiger partial charge on any atom is -0.347 e. The molecule has 1 aromatic carbocycles. The Bertz CT molecular complexity index is 627. The van der Waals surface area contributed by atoms with Crippen LogP contribution < -0.4 is 11.1 Å². The molecule has 2 aromatic rings. The van der Waals surface area contributed by atoms with Crippen LogP contribution in [0.3, 0.4) is 0 Å². The summed E-state index contributed by atoms with van der Waals surface area (Å²) >= 11 is 5.91. The maximum atomic E-state index is 11.8. The molecule has 0 bridgehead atoms. The Kier molecular flexibility index (Phi) is 4.93. The van der Waals surface area contributed by atoms with Crippen LogP contribution in [0.4, 0.5) is 0 Å². The smallest absolute Gasteiger partial charge is 0.246 e. The van der Waals surface area contributed by atoms with Crippen LogP contribution in [0.5, 0.6) is 0 Å². The fraction of sp³-hybridized carbons (Fsp3) is 0.357. The van der Waals surface area contributed by atoms with Gasteiger partial charge in [-0.15, -0.1) is 0 Å². The zero-order valence-corrected chi connectivity index (χ0v) is 12.6. The van der Waals surface area contributed by atoms with Crippen LogP contribution in [0, 0.1) is 5.92 Å². The van der Waals surface area contributed by atoms with Gasteiger partial charge in [0.1, 0.15) is 0 Å². The fourth-order valence-corrected chi connectivity index (χ4v) is 1.82. The topological polar surface area (TPSA) is 94.0 Å². The first-order chi connectivity index (χ1) is 9.97. The molecule has 1 heterocycles. The summed E-state index contributed by atoms with van der Waals surface area (Å²) in [5.74, 6) is 0.338. The number of nitrogens with two attached hydrogens (primary N) is 1. The summed E-state index contributed by atoms with van der Waals surface area (Å²) in [4.78, 5) is 16.0. The van der Waals surface area contributed by atoms with E-state index in [0.717, 1.165) is 5.56 Å². The monoisotopic (exact) mass is 308 g/mol. The number of hydrogen-bond donors (Lipinski definition) is 2. The number of carbonyl (C=O) groups is 1. The van der Waals surface area contributed by atoms with Gasteiger partial charge in [-0.2, -0.15) is 4.98 Å². The first kappa shape index (κ1) is 15.5. The molecule has 21 heavy (non-hydrogen) atoms. The molecular formula is C14H17ClN4O2. The highest BCUT2D eigenvalue weighted by molar-refractivity contribution is 6.30. The third-order valence-electron chi connectivity index (χ3n) is 3.17. The molecule has 7 heteroatoms. The van der Waals surface area contributed by atoms with Gasteiger partial charge in [0.15, 0.2) is 0 Å². The molecule has 0 aliphatic rings. The highest BCUT2D eigenvalue weighted by Crippen LogP contribution is 2.19. The van der Waals surface area contributed by atoms with Gasteiger partial charge in [0, 0.05) is 22.5 Å². The van der Waals surface area contributed by atoms with Gasteiger partial charge < -0.3 is 15.6 Å². The molecule has 2 unspecified atom stereocenters. The van der Waals surface area contributed by atoms with Crippen molar-refractivity contribution in [2.45, 2.75) is 26.4 Å². The van der Waals surface area contributed by atoms with Crippen molar-refractivity contribution in [1.29, 1.82) is 0 Å². The van der Waals surface area contributed by atoms with E-state index in [9.17, 15) is 4.79 Å². The van der Waals surface area contributed by atoms with Gasteiger partial charge in [-0.1, -0.05) is 35.8 Å². The van der Waals surface area contributed by atoms with E-state index < -0.39 is 0 Å². The maximum Gasteiger partial charge on any atom is 0.246 e. The van der Waals surface area contributed by atoms with Crippen LogP contribution in [-0.2, 0) is 11.3 Å². The highest BCUT2D eigenvalue weighted by Gasteiger charge is 2.17. The number of halogens is 1. The van der Waals surface area contributed by atoms with Crippen molar-refractivity contribution in [2.75, 3.05) is 0 Å². The minimum absolute atomic E-state index is 0.146. The molecule has 6 nitrogen and oxygen atoms in total. The van der Waals surface area contributed by atoms with E-state index in [1.807, 2.05) is 6.07 Å². The van der Waals surface area contributed by atoms with Crippen LogP contribution in [0.2, 0.25) is 5.02 Å². The molecular weight excluding hydrogens is 292 g/mol. The normalized spacial score (nSPS) is 13.7. The second kappa shape index (κ2) is 6.69. The number of nitrogens with one attached hydrogen (secondary N) is 1. The summed E-state index contributed by atoms with van der Waals surface area (Å²) in [6, 6.07) is 6.93. The van der Waals surface area contributed by atoms with Crippen molar-refractivity contribution in [2.24, 2.45) is 11.7 Å². The summed E-state index contributed by atoms with van der Waals surface area (Å²) in [6.45, 7) is 3.73. The fourth-order valence-electron chi connectivity index (χ4n) is 1.63. The van der Waals surface area contributed by atoms with E-state index in [1.165, 1.54) is 0 Å². The van der Waals surface area contributed by atoms with E-state index in [2.05, 4.69) is 15.5 Å². The number of benzene rings is 1. The molecule has 0 saturated heterocycles. The first-order valence-corrected chi connectivity index (χ1v) is 6.97. The van der Waals surface area contributed by atoms with Crippen LogP contribution in [0.15, 0.2) is 28.8 Å². The van der Waals surface area contributed by atoms with E-state index in [4.69, 9.17) is 21.9 Å². The molecule has 0 radical (unpaired) electrons. The number of aromatic nitrogens is 2. The van der Waals surface area contributed by atoms with Gasteiger partial charge in [-0.3, -0.25) is 4.79 Å². The third-order valence-corrected chi connectivity index (χ3v) is 3.40. The Morgan fingerprint density at radius 3 is 2.90 bits per heavy atom. The highest BCUT2D eigenvalue weighted by atomic mass is 35.5. The van der Waals surface area contributed by atoms with Crippen molar-refractivity contribution >= 4 is 17.5 Å². The Hall–Kier alpha value is -1.92. The van der Waals surface area contributed by atoms with Gasteiger partial charge >= 0.3 is 0 Å². The lowest BCUT2D eigenvalue weighted by Crippen LogP contribution is -2.38. The SMILES string of the molecule is CC(N)C(C)C(=O)NCc1nc(-c2cccc(Cl)c2)no1. The lowest BCUT2D eigenvalue weighted by Gasteiger charge is -2.14. The van der Waals surface area contributed by atoms with E-state index in [-0.39, 0.29) is 24.4 Å². The second-order valence-electron chi connectivity index (χ2n) is 4.89. The predicted molar refractivity (Wildman–Crippen MR) is 79.4 cm³/mol. The number of hydrogen-bond acceptors (Lipinski definition) is 5. The summed E-state index contributed by atoms with van der Waals surface area (Å²) in [5, 5.41) is 7.17. The number of carbonyl (C=O) groups excluding carboxylic acids is 1. The van der Waals surface area contributed by atoms with Gasteiger partial charge in [-0.25, -0.2) is 0 Å². The Morgan fingerprint density at radius 2 is 2.24 bits per heavy atom. The summed E-state index contributed by atoms with van der Waals surface area (Å²) < 4.78 is 5.10. The van der Waals surface area contributed by atoms with Crippen LogP contribution in [0.1, 0.15) is 19.7 Å². The second-order valence-corrected chi connectivity index (χ2v) is 5.32. The largest absolute Gasteiger partial charge is 0.347 e. The van der Waals surface area contributed by atoms with E-state index in [0.29, 0.717) is 16.7 Å². The van der Waals surface area contributed by atoms with Gasteiger partial charge in [-0.05, 0) is 19.1 Å². The summed E-state index contributed by atoms with van der Waals surface area (Å²) in [5.41, 5.74) is 6.43. The molecule has 2 rings (SSSR count). The average Bonchev–Trinajstić information content (AvgIpc) is 2.92. The van der Waals surface area contributed by atoms with Crippen molar-refractivity contribution in [1.82, 2.24) is 15.5 Å². The standard InChI is InChI=1S/C14H17ClN4O2/c1-8(9(2)16)14(20)17-7-12-18-13(19-21-12)10-4-3-5-11(15)6-10/h3-6,8-9H,7,16H2,1-2H3,(H,17,20). The zero-order chi connectivity index (χ0) is 15.4. The van der Waals surface area contributed by atoms with Crippen molar-refractivity contribution in [3.8, 4) is 11.4 Å². The molecule has 1 aromatic heterocycles. The average molecular weight is 309 g/mol. The first-order valence-electron chi connectivity index (χ1n) is 6.59. The number of rotatable bonds is 5. The van der Waals surface area contributed by atoms with Gasteiger partial charge in [0.25, 0.3) is 0 Å². The zero-order valence-electron chi connectivity index (χ0n) is 11.8. The predicted octanol–water partition coefficient (Wildman–Crippen LogP) is 1.99. The van der Waals surface area contributed by atoms with E-state index in [1.54, 1.807) is 32.0 Å². The molecule has 112 valence electrons. The third kappa shape index (κ3) is 4.03. The summed E-state index contributed by atoms with van der Waals surface area (Å²) in [6.07, 6.45) is 0. The van der Waals surface area contributed by atoms with Crippen LogP contribution in [-0.4, -0.2) is 22.1 Å². The quantitative estimate of drug-likeness (QED) is 0.881. The molecule has 0 saturated carbocycles. The minimum atomic E-state index is -0.277. The molecule has 0 aliphatic heterocycles. The molecule has 0 fully saturated rings. The maximum absolute atomic E-state index is 11.8. The lowest BCUT2D eigenvalue weighted by atomic mass is 10.0. The van der Waals surface area contributed by atoms with Crippen LogP contribution in [0.25, 0.3) is 11.4 Å². The molecule has 3 N–H and O–H groups in total. The van der Waals surface area contributed by atoms with Crippen molar-refractivity contribution in [3.05, 3.63) is 35.2 Å². The van der Waals surface area contributed by atoms with E-state index >= 15 is 0 Å². The lowest BCUT2D eigenvalue weighted by molar-refractivity contribution is -0.125. The number of nitrogens with zero attached hydrogens (tertiary/aromatic N) is 2. The van der Waals surface area contributed by atoms with Crippen molar-refractivity contribution < 1.29 is 9.32 Å². The molecule has 0 aliphatic carbocycles. The molecule has 0 spiro atoms. The van der Waals surface area contributed by atoms with Gasteiger partial charge in [0.05, 0.1) is 6.54 Å². The van der Waals surface area contributed by atoms with Gasteiger partial charge in [0.2, 0.25) is 17.6 Å². The Morgan fingerprint density at radius 1 is 1.48 bits per heavy atom. The summed E-state index contributed by atoms with van der Waals surface area (Å²) in [7, 11) is 0. The number of amides is 1. The van der Waals surface area contributed by atoms with Crippen LogP contribution >= 0.6 is 11.6 Å². The Balaban J connectivity index is 1.99.